The predicted octanol–water partition coefficient (Wildman–Crippen LogP) is 2.18. The number of carbonyl (C=O) groups is 1. The maximum absolute atomic E-state index is 11.3. The predicted molar refractivity (Wildman–Crippen MR) is 85.4 cm³/mol. The number of carbonyl (C=O) groups excluding carboxylic acids is 1. The smallest absolute Gasteiger partial charge is 0.337 e. The number of ether oxygens (including phenoxy) is 1. The second-order valence-corrected chi connectivity index (χ2v) is 5.22. The molecule has 116 valence electrons. The topological polar surface area (TPSA) is 62.7 Å². The van der Waals surface area contributed by atoms with Gasteiger partial charge < -0.3 is 15.4 Å². The number of benzene rings is 1. The Bertz CT molecular complexity index is 467. The van der Waals surface area contributed by atoms with Crippen molar-refractivity contribution in [1.82, 2.24) is 10.6 Å². The van der Waals surface area contributed by atoms with Crippen molar-refractivity contribution in [3.63, 3.8) is 0 Å². The third-order valence-electron chi connectivity index (χ3n) is 3.07. The van der Waals surface area contributed by atoms with E-state index in [2.05, 4.69) is 34.2 Å². The summed E-state index contributed by atoms with van der Waals surface area (Å²) in [5.74, 6) is 1.13. The fourth-order valence-electron chi connectivity index (χ4n) is 1.76. The molecule has 0 saturated carbocycles. The molecule has 0 spiro atoms. The van der Waals surface area contributed by atoms with Crippen molar-refractivity contribution < 1.29 is 9.53 Å². The van der Waals surface area contributed by atoms with Gasteiger partial charge in [0, 0.05) is 20.1 Å². The van der Waals surface area contributed by atoms with Crippen molar-refractivity contribution in [1.29, 1.82) is 0 Å². The molecule has 0 heterocycles. The summed E-state index contributed by atoms with van der Waals surface area (Å²) in [6.07, 6.45) is 1.11. The zero-order valence-corrected chi connectivity index (χ0v) is 13.3. The Morgan fingerprint density at radius 3 is 2.43 bits per heavy atom. The largest absolute Gasteiger partial charge is 0.465 e. The van der Waals surface area contributed by atoms with Crippen LogP contribution in [0.2, 0.25) is 0 Å². The van der Waals surface area contributed by atoms with Gasteiger partial charge in [-0.15, -0.1) is 0 Å². The molecule has 0 bridgehead atoms. The number of nitrogens with zero attached hydrogens (tertiary/aromatic N) is 1. The van der Waals surface area contributed by atoms with Gasteiger partial charge in [-0.25, -0.2) is 4.79 Å². The molecule has 0 unspecified atom stereocenters. The molecule has 0 aliphatic rings. The minimum Gasteiger partial charge on any atom is -0.465 e. The fourth-order valence-corrected chi connectivity index (χ4v) is 1.76. The zero-order chi connectivity index (χ0) is 15.7. The summed E-state index contributed by atoms with van der Waals surface area (Å²) in [5, 5.41) is 6.52. The van der Waals surface area contributed by atoms with Gasteiger partial charge in [-0.05, 0) is 30.0 Å². The van der Waals surface area contributed by atoms with Crippen LogP contribution in [0.3, 0.4) is 0 Å². The normalized spacial score (nSPS) is 11.4. The van der Waals surface area contributed by atoms with E-state index < -0.39 is 0 Å². The summed E-state index contributed by atoms with van der Waals surface area (Å²) >= 11 is 0. The third-order valence-corrected chi connectivity index (χ3v) is 3.07. The highest BCUT2D eigenvalue weighted by atomic mass is 16.5. The third kappa shape index (κ3) is 6.29. The van der Waals surface area contributed by atoms with Gasteiger partial charge in [0.15, 0.2) is 5.96 Å². The number of hydrogen-bond acceptors (Lipinski definition) is 3. The minimum atomic E-state index is -0.319. The first-order valence-corrected chi connectivity index (χ1v) is 7.18. The Labute approximate surface area is 126 Å². The highest BCUT2D eigenvalue weighted by molar-refractivity contribution is 5.89. The lowest BCUT2D eigenvalue weighted by molar-refractivity contribution is 0.0600. The average molecular weight is 291 g/mol. The summed E-state index contributed by atoms with van der Waals surface area (Å²) < 4.78 is 4.67. The molecule has 0 atom stereocenters. The van der Waals surface area contributed by atoms with E-state index in [1.54, 1.807) is 19.2 Å². The Hall–Kier alpha value is -2.04. The van der Waals surface area contributed by atoms with Gasteiger partial charge in [0.2, 0.25) is 0 Å². The summed E-state index contributed by atoms with van der Waals surface area (Å²) in [6, 6.07) is 7.33. The molecule has 5 nitrogen and oxygen atoms in total. The number of guanidine groups is 1. The average Bonchev–Trinajstić information content (AvgIpc) is 2.50. The van der Waals surface area contributed by atoms with E-state index in [4.69, 9.17) is 0 Å². The van der Waals surface area contributed by atoms with Crippen molar-refractivity contribution in [2.45, 2.75) is 26.8 Å². The Kier molecular flexibility index (Phi) is 7.29. The maximum Gasteiger partial charge on any atom is 0.337 e. The van der Waals surface area contributed by atoms with Crippen LogP contribution in [0.5, 0.6) is 0 Å². The molecule has 1 aromatic carbocycles. The lowest BCUT2D eigenvalue weighted by Gasteiger charge is -2.13. The van der Waals surface area contributed by atoms with Gasteiger partial charge in [0.25, 0.3) is 0 Å². The van der Waals surface area contributed by atoms with Crippen molar-refractivity contribution >= 4 is 11.9 Å². The molecule has 0 saturated heterocycles. The number of aliphatic imine (C=N–C) groups is 1. The Balaban J connectivity index is 2.44. The van der Waals surface area contributed by atoms with Crippen LogP contribution < -0.4 is 10.6 Å². The molecule has 0 aliphatic heterocycles. The van der Waals surface area contributed by atoms with Crippen molar-refractivity contribution in [2.75, 3.05) is 20.7 Å². The number of hydrogen-bond donors (Lipinski definition) is 2. The first kappa shape index (κ1) is 17.0. The van der Waals surface area contributed by atoms with Crippen molar-refractivity contribution in [2.24, 2.45) is 10.9 Å². The van der Waals surface area contributed by atoms with E-state index in [-0.39, 0.29) is 5.97 Å². The lowest BCUT2D eigenvalue weighted by atomic mass is 10.1. The molecule has 0 aromatic heterocycles. The summed E-state index contributed by atoms with van der Waals surface area (Å²) in [5.41, 5.74) is 1.63. The quantitative estimate of drug-likeness (QED) is 0.479. The molecule has 0 aliphatic carbocycles. The maximum atomic E-state index is 11.3. The number of methoxy groups -OCH3 is 1. The second kappa shape index (κ2) is 9.00. The lowest BCUT2D eigenvalue weighted by Crippen LogP contribution is -2.37. The van der Waals surface area contributed by atoms with Crippen LogP contribution >= 0.6 is 0 Å². The van der Waals surface area contributed by atoms with Crippen LogP contribution in [-0.4, -0.2) is 32.6 Å². The molecule has 1 rings (SSSR count). The molecule has 2 N–H and O–H groups in total. The Morgan fingerprint density at radius 2 is 1.90 bits per heavy atom. The van der Waals surface area contributed by atoms with Gasteiger partial charge in [0.1, 0.15) is 0 Å². The summed E-state index contributed by atoms with van der Waals surface area (Å²) in [7, 11) is 3.13. The number of esters is 1. The molecule has 0 fully saturated rings. The van der Waals surface area contributed by atoms with Gasteiger partial charge in [-0.3, -0.25) is 4.99 Å². The standard InChI is InChI=1S/C16H25N3O2/c1-12(2)9-10-18-16(17-3)19-11-13-5-7-14(8-6-13)15(20)21-4/h5-8,12H,9-11H2,1-4H3,(H2,17,18,19). The molecular formula is C16H25N3O2. The van der Waals surface area contributed by atoms with Crippen LogP contribution in [-0.2, 0) is 11.3 Å². The van der Waals surface area contributed by atoms with E-state index in [0.29, 0.717) is 18.0 Å². The first-order chi connectivity index (χ1) is 10.1. The highest BCUT2D eigenvalue weighted by Gasteiger charge is 2.04. The number of rotatable bonds is 6. The monoisotopic (exact) mass is 291 g/mol. The summed E-state index contributed by atoms with van der Waals surface area (Å²) in [6.45, 7) is 5.95. The van der Waals surface area contributed by atoms with Crippen molar-refractivity contribution in [3.8, 4) is 0 Å². The second-order valence-electron chi connectivity index (χ2n) is 5.22. The van der Waals surface area contributed by atoms with Crippen molar-refractivity contribution in [3.05, 3.63) is 35.4 Å². The molecule has 1 aromatic rings. The SMILES string of the molecule is CN=C(NCCC(C)C)NCc1ccc(C(=O)OC)cc1. The molecule has 5 heteroatoms. The van der Waals surface area contributed by atoms with E-state index in [1.807, 2.05) is 12.1 Å². The Morgan fingerprint density at radius 1 is 1.24 bits per heavy atom. The van der Waals surface area contributed by atoms with Crippen LogP contribution in [0.4, 0.5) is 0 Å². The van der Waals surface area contributed by atoms with Gasteiger partial charge >= 0.3 is 5.97 Å². The van der Waals surface area contributed by atoms with E-state index in [1.165, 1.54) is 7.11 Å². The highest BCUT2D eigenvalue weighted by Crippen LogP contribution is 2.05. The first-order valence-electron chi connectivity index (χ1n) is 7.18. The minimum absolute atomic E-state index is 0.319. The van der Waals surface area contributed by atoms with E-state index in [0.717, 1.165) is 24.5 Å². The molecular weight excluding hydrogens is 266 g/mol. The molecule has 21 heavy (non-hydrogen) atoms. The van der Waals surface area contributed by atoms with E-state index >= 15 is 0 Å². The van der Waals surface area contributed by atoms with Crippen LogP contribution in [0.15, 0.2) is 29.3 Å². The molecule has 0 radical (unpaired) electrons. The van der Waals surface area contributed by atoms with Crippen LogP contribution in [0.1, 0.15) is 36.2 Å². The molecule has 0 amide bonds. The fraction of sp³-hybridized carbons (Fsp3) is 0.500. The van der Waals surface area contributed by atoms with Gasteiger partial charge in [-0.1, -0.05) is 26.0 Å². The summed E-state index contributed by atoms with van der Waals surface area (Å²) in [4.78, 5) is 15.5. The van der Waals surface area contributed by atoms with Crippen LogP contribution in [0, 0.1) is 5.92 Å². The van der Waals surface area contributed by atoms with Gasteiger partial charge in [0.05, 0.1) is 12.7 Å². The van der Waals surface area contributed by atoms with E-state index in [9.17, 15) is 4.79 Å². The number of nitrogens with one attached hydrogen (secondary N) is 2. The zero-order valence-electron chi connectivity index (χ0n) is 13.3. The van der Waals surface area contributed by atoms with Gasteiger partial charge in [-0.2, -0.15) is 0 Å². The van der Waals surface area contributed by atoms with Crippen LogP contribution in [0.25, 0.3) is 0 Å².